The van der Waals surface area contributed by atoms with Crippen molar-refractivity contribution in [2.45, 2.75) is 0 Å². The maximum absolute atomic E-state index is 5.65. The number of hydrogen-bond acceptors (Lipinski definition) is 3. The number of rotatable bonds is 5. The third-order valence-corrected chi connectivity index (χ3v) is 6.72. The van der Waals surface area contributed by atoms with Crippen LogP contribution < -0.4 is 4.90 Å². The fourth-order valence-corrected chi connectivity index (χ4v) is 5.00. The zero-order valence-electron chi connectivity index (χ0n) is 20.0. The van der Waals surface area contributed by atoms with Crippen LogP contribution in [0.4, 0.5) is 17.2 Å². The molecule has 176 valence electrons. The fourth-order valence-electron chi connectivity index (χ4n) is 5.00. The molecule has 0 spiro atoms. The van der Waals surface area contributed by atoms with Gasteiger partial charge in [-0.1, -0.05) is 66.7 Å². The molecule has 0 unspecified atom stereocenters. The van der Waals surface area contributed by atoms with Gasteiger partial charge in [-0.15, -0.1) is 0 Å². The van der Waals surface area contributed by atoms with Gasteiger partial charge in [0.05, 0.1) is 11.8 Å². The van der Waals surface area contributed by atoms with Crippen LogP contribution >= 0.6 is 0 Å². The Bertz CT molecular complexity index is 1850. The van der Waals surface area contributed by atoms with Crippen LogP contribution in [-0.4, -0.2) is 9.55 Å². The Hall–Kier alpha value is -5.09. The molecule has 7 aromatic rings. The summed E-state index contributed by atoms with van der Waals surface area (Å²) in [5, 5.41) is 2.29. The van der Waals surface area contributed by atoms with Gasteiger partial charge >= 0.3 is 0 Å². The maximum atomic E-state index is 5.65. The Balaban J connectivity index is 1.38. The molecular weight excluding hydrogens is 454 g/mol. The third kappa shape index (κ3) is 3.76. The summed E-state index contributed by atoms with van der Waals surface area (Å²) in [5.41, 5.74) is 6.36. The van der Waals surface area contributed by atoms with Crippen LogP contribution in [0.2, 0.25) is 0 Å². The van der Waals surface area contributed by atoms with Crippen molar-refractivity contribution in [1.29, 1.82) is 0 Å². The van der Waals surface area contributed by atoms with Crippen LogP contribution in [0.15, 0.2) is 144 Å². The standard InChI is InChI=1S/C33H23N3O/c1-2-11-26(12-3-1)36(27-13-6-10-25(23-27)28-14-7-16-31-29(28)20-22-37-31)33-18-8-17-32(34-33)35-21-19-24-9-4-5-15-30(24)35/h1-23H. The Morgan fingerprint density at radius 1 is 0.649 bits per heavy atom. The summed E-state index contributed by atoms with van der Waals surface area (Å²) >= 11 is 0. The Morgan fingerprint density at radius 2 is 1.46 bits per heavy atom. The van der Waals surface area contributed by atoms with E-state index in [0.29, 0.717) is 0 Å². The van der Waals surface area contributed by atoms with E-state index >= 15 is 0 Å². The minimum absolute atomic E-state index is 0.847. The minimum Gasteiger partial charge on any atom is -0.464 e. The zero-order valence-corrected chi connectivity index (χ0v) is 20.0. The summed E-state index contributed by atoms with van der Waals surface area (Å²) in [6.07, 6.45) is 3.82. The van der Waals surface area contributed by atoms with E-state index in [4.69, 9.17) is 9.40 Å². The first kappa shape index (κ1) is 21.2. The second-order valence-electron chi connectivity index (χ2n) is 8.96. The number of fused-ring (bicyclic) bond motifs is 2. The average molecular weight is 478 g/mol. The van der Waals surface area contributed by atoms with Crippen LogP contribution in [0.5, 0.6) is 0 Å². The van der Waals surface area contributed by atoms with E-state index in [2.05, 4.69) is 119 Å². The van der Waals surface area contributed by atoms with E-state index < -0.39 is 0 Å². The Morgan fingerprint density at radius 3 is 2.41 bits per heavy atom. The highest BCUT2D eigenvalue weighted by atomic mass is 16.3. The topological polar surface area (TPSA) is 34.2 Å². The van der Waals surface area contributed by atoms with Gasteiger partial charge in [0.1, 0.15) is 17.2 Å². The number of nitrogens with zero attached hydrogens (tertiary/aromatic N) is 3. The largest absolute Gasteiger partial charge is 0.464 e. The summed E-state index contributed by atoms with van der Waals surface area (Å²) < 4.78 is 7.79. The molecule has 0 amide bonds. The molecule has 7 rings (SSSR count). The Labute approximate surface area is 214 Å². The van der Waals surface area contributed by atoms with Crippen molar-refractivity contribution >= 4 is 39.1 Å². The van der Waals surface area contributed by atoms with Gasteiger partial charge in [0.25, 0.3) is 0 Å². The lowest BCUT2D eigenvalue weighted by Gasteiger charge is -2.25. The number of pyridine rings is 1. The monoisotopic (exact) mass is 477 g/mol. The molecule has 3 aromatic heterocycles. The van der Waals surface area contributed by atoms with Gasteiger partial charge < -0.3 is 8.98 Å². The molecule has 0 saturated heterocycles. The first-order valence-corrected chi connectivity index (χ1v) is 12.3. The normalized spacial score (nSPS) is 11.2. The molecule has 4 heteroatoms. The van der Waals surface area contributed by atoms with Gasteiger partial charge in [-0.05, 0) is 77.2 Å². The first-order valence-electron chi connectivity index (χ1n) is 12.3. The lowest BCUT2D eigenvalue weighted by molar-refractivity contribution is 0.616. The number of benzene rings is 4. The van der Waals surface area contributed by atoms with Gasteiger partial charge in [-0.2, -0.15) is 0 Å². The second-order valence-corrected chi connectivity index (χ2v) is 8.96. The zero-order chi connectivity index (χ0) is 24.6. The molecule has 0 N–H and O–H groups in total. The number of para-hydroxylation sites is 2. The van der Waals surface area contributed by atoms with Gasteiger partial charge in [0, 0.05) is 23.0 Å². The number of furan rings is 1. The quantitative estimate of drug-likeness (QED) is 0.248. The maximum Gasteiger partial charge on any atom is 0.140 e. The highest BCUT2D eigenvalue weighted by Gasteiger charge is 2.16. The van der Waals surface area contributed by atoms with Crippen molar-refractivity contribution in [2.24, 2.45) is 0 Å². The van der Waals surface area contributed by atoms with Crippen LogP contribution in [0.1, 0.15) is 0 Å². The Kier molecular flexibility index (Phi) is 5.07. The smallest absolute Gasteiger partial charge is 0.140 e. The van der Waals surface area contributed by atoms with E-state index in [1.54, 1.807) is 6.26 Å². The molecule has 3 heterocycles. The SMILES string of the molecule is c1ccc(N(c2cccc(-c3cccc4occc34)c2)c2cccc(-n3ccc4ccccc43)n2)cc1. The molecule has 4 nitrogen and oxygen atoms in total. The van der Waals surface area contributed by atoms with E-state index in [9.17, 15) is 0 Å². The summed E-state index contributed by atoms with van der Waals surface area (Å²) in [7, 11) is 0. The predicted octanol–water partition coefficient (Wildman–Crippen LogP) is 8.91. The van der Waals surface area contributed by atoms with Gasteiger partial charge in [-0.3, -0.25) is 4.90 Å². The van der Waals surface area contributed by atoms with E-state index in [-0.39, 0.29) is 0 Å². The van der Waals surface area contributed by atoms with Crippen LogP contribution in [0, 0.1) is 0 Å². The van der Waals surface area contributed by atoms with Crippen LogP contribution in [-0.2, 0) is 0 Å². The lowest BCUT2D eigenvalue weighted by Crippen LogP contribution is -2.12. The molecule has 0 fully saturated rings. The molecule has 0 saturated carbocycles. The van der Waals surface area contributed by atoms with Gasteiger partial charge in [-0.25, -0.2) is 4.98 Å². The van der Waals surface area contributed by atoms with Crippen LogP contribution in [0.3, 0.4) is 0 Å². The second kappa shape index (κ2) is 8.85. The van der Waals surface area contributed by atoms with Crippen molar-refractivity contribution in [2.75, 3.05) is 4.90 Å². The average Bonchev–Trinajstić information content (AvgIpc) is 3.62. The molecule has 0 radical (unpaired) electrons. The van der Waals surface area contributed by atoms with Crippen molar-refractivity contribution < 1.29 is 4.42 Å². The predicted molar refractivity (Wildman–Crippen MR) is 151 cm³/mol. The van der Waals surface area contributed by atoms with Crippen LogP contribution in [0.25, 0.3) is 38.8 Å². The molecule has 0 atom stereocenters. The third-order valence-electron chi connectivity index (χ3n) is 6.72. The molecule has 0 aliphatic heterocycles. The molecule has 0 bridgehead atoms. The summed E-state index contributed by atoms with van der Waals surface area (Å²) in [5.74, 6) is 1.72. The van der Waals surface area contributed by atoms with Crippen molar-refractivity contribution in [3.63, 3.8) is 0 Å². The van der Waals surface area contributed by atoms with E-state index in [1.807, 2.05) is 24.3 Å². The molecule has 37 heavy (non-hydrogen) atoms. The number of anilines is 3. The molecular formula is C33H23N3O. The molecule has 0 aliphatic rings. The lowest BCUT2D eigenvalue weighted by atomic mass is 10.0. The van der Waals surface area contributed by atoms with Gasteiger partial charge in [0.2, 0.25) is 0 Å². The number of aromatic nitrogens is 2. The van der Waals surface area contributed by atoms with E-state index in [1.165, 1.54) is 5.39 Å². The highest BCUT2D eigenvalue weighted by molar-refractivity contribution is 5.95. The summed E-state index contributed by atoms with van der Waals surface area (Å²) in [4.78, 5) is 7.34. The first-order chi connectivity index (χ1) is 18.3. The summed E-state index contributed by atoms with van der Waals surface area (Å²) in [6, 6.07) is 43.8. The van der Waals surface area contributed by atoms with Crippen molar-refractivity contribution in [3.05, 3.63) is 140 Å². The van der Waals surface area contributed by atoms with Gasteiger partial charge in [0.15, 0.2) is 0 Å². The minimum atomic E-state index is 0.847. The van der Waals surface area contributed by atoms with E-state index in [0.717, 1.165) is 50.6 Å². The number of hydrogen-bond donors (Lipinski definition) is 0. The highest BCUT2D eigenvalue weighted by Crippen LogP contribution is 2.37. The molecule has 0 aliphatic carbocycles. The molecule has 4 aromatic carbocycles. The van der Waals surface area contributed by atoms with Crippen molar-refractivity contribution in [3.8, 4) is 16.9 Å². The fraction of sp³-hybridized carbons (Fsp3) is 0. The summed E-state index contributed by atoms with van der Waals surface area (Å²) in [6.45, 7) is 0. The van der Waals surface area contributed by atoms with Crippen molar-refractivity contribution in [1.82, 2.24) is 9.55 Å².